The lowest BCUT2D eigenvalue weighted by Gasteiger charge is -2.33. The highest BCUT2D eigenvalue weighted by atomic mass is 19.4. The summed E-state index contributed by atoms with van der Waals surface area (Å²) >= 11 is 0. The van der Waals surface area contributed by atoms with Crippen LogP contribution in [-0.2, 0) is 19.6 Å². The van der Waals surface area contributed by atoms with E-state index < -0.39 is 11.7 Å². The van der Waals surface area contributed by atoms with E-state index in [4.69, 9.17) is 0 Å². The van der Waals surface area contributed by atoms with Gasteiger partial charge in [0.15, 0.2) is 0 Å². The lowest BCUT2D eigenvalue weighted by Crippen LogP contribution is -2.40. The molecular weight excluding hydrogens is 355 g/mol. The third kappa shape index (κ3) is 4.51. The average molecular weight is 379 g/mol. The zero-order valence-corrected chi connectivity index (χ0v) is 15.6. The number of hydrogen-bond donors (Lipinski definition) is 0. The van der Waals surface area contributed by atoms with Crippen LogP contribution in [0.15, 0.2) is 30.3 Å². The lowest BCUT2D eigenvalue weighted by molar-refractivity contribution is -0.138. The summed E-state index contributed by atoms with van der Waals surface area (Å²) in [5, 5.41) is 4.22. The maximum Gasteiger partial charge on any atom is 0.416 e. The number of piperidine rings is 1. The van der Waals surface area contributed by atoms with Crippen LogP contribution in [0.2, 0.25) is 0 Å². The molecule has 27 heavy (non-hydrogen) atoms. The number of likely N-dealkylation sites (tertiary alicyclic amines) is 1. The Kier molecular flexibility index (Phi) is 5.58. The van der Waals surface area contributed by atoms with Crippen molar-refractivity contribution in [2.24, 2.45) is 13.0 Å². The van der Waals surface area contributed by atoms with Gasteiger partial charge >= 0.3 is 6.18 Å². The summed E-state index contributed by atoms with van der Waals surface area (Å²) in [7, 11) is 1.75. The van der Waals surface area contributed by atoms with Gasteiger partial charge in [-0.25, -0.2) is 0 Å². The quantitative estimate of drug-likeness (QED) is 0.797. The van der Waals surface area contributed by atoms with Crippen LogP contribution in [-0.4, -0.2) is 33.7 Å². The minimum absolute atomic E-state index is 0.0570. The molecule has 0 spiro atoms. The Morgan fingerprint density at radius 3 is 2.70 bits per heavy atom. The molecule has 3 rings (SSSR count). The van der Waals surface area contributed by atoms with Crippen LogP contribution in [0, 0.1) is 12.8 Å². The molecule has 1 amide bonds. The van der Waals surface area contributed by atoms with Gasteiger partial charge in [-0.2, -0.15) is 18.3 Å². The maximum atomic E-state index is 13.1. The molecule has 146 valence electrons. The number of amides is 1. The number of carbonyl (C=O) groups excluding carboxylic acids is 1. The normalized spacial score (nSPS) is 18.0. The second-order valence-corrected chi connectivity index (χ2v) is 7.25. The number of hydrogen-bond acceptors (Lipinski definition) is 2. The Labute approximate surface area is 157 Å². The van der Waals surface area contributed by atoms with E-state index >= 15 is 0 Å². The van der Waals surface area contributed by atoms with Gasteiger partial charge in [-0.05, 0) is 56.2 Å². The predicted molar refractivity (Wildman–Crippen MR) is 96.3 cm³/mol. The van der Waals surface area contributed by atoms with Crippen molar-refractivity contribution < 1.29 is 18.0 Å². The summed E-state index contributed by atoms with van der Waals surface area (Å²) < 4.78 is 41.0. The molecule has 1 aromatic heterocycles. The fourth-order valence-corrected chi connectivity index (χ4v) is 3.83. The second kappa shape index (κ2) is 7.74. The van der Waals surface area contributed by atoms with Gasteiger partial charge in [-0.3, -0.25) is 9.48 Å². The molecule has 1 saturated heterocycles. The fourth-order valence-electron chi connectivity index (χ4n) is 3.83. The summed E-state index contributed by atoms with van der Waals surface area (Å²) in [6.45, 7) is 3.10. The molecule has 1 aliphatic rings. The lowest BCUT2D eigenvalue weighted by atomic mass is 9.90. The van der Waals surface area contributed by atoms with Crippen molar-refractivity contribution >= 4 is 5.91 Å². The molecule has 1 unspecified atom stereocenters. The van der Waals surface area contributed by atoms with Crippen molar-refractivity contribution in [3.8, 4) is 0 Å². The summed E-state index contributed by atoms with van der Waals surface area (Å²) in [6.07, 6.45) is -1.52. The van der Waals surface area contributed by atoms with Crippen LogP contribution in [0.3, 0.4) is 0 Å². The second-order valence-electron chi connectivity index (χ2n) is 7.25. The van der Waals surface area contributed by atoms with Crippen molar-refractivity contribution in [3.63, 3.8) is 0 Å². The predicted octanol–water partition coefficient (Wildman–Crippen LogP) is 4.23. The van der Waals surface area contributed by atoms with Crippen LogP contribution in [0.1, 0.15) is 46.6 Å². The summed E-state index contributed by atoms with van der Waals surface area (Å²) in [6, 6.07) is 7.52. The molecule has 4 nitrogen and oxygen atoms in total. The molecular formula is C20H24F3N3O. The molecule has 0 radical (unpaired) electrons. The number of halogens is 3. The van der Waals surface area contributed by atoms with Crippen LogP contribution >= 0.6 is 0 Å². The van der Waals surface area contributed by atoms with E-state index in [1.54, 1.807) is 34.8 Å². The number of aryl methyl sites for hydroxylation is 3. The molecule has 1 atom stereocenters. The monoisotopic (exact) mass is 379 g/mol. The molecule has 0 saturated carbocycles. The average Bonchev–Trinajstić information content (AvgIpc) is 2.97. The SMILES string of the molecule is Cc1cc(C(=O)N2CCCC(CCc3ccccc3C(F)(F)F)C2)n(C)n1. The highest BCUT2D eigenvalue weighted by Crippen LogP contribution is 2.33. The van der Waals surface area contributed by atoms with Crippen LogP contribution in [0.25, 0.3) is 0 Å². The van der Waals surface area contributed by atoms with Crippen molar-refractivity contribution in [3.05, 3.63) is 52.8 Å². The largest absolute Gasteiger partial charge is 0.416 e. The first-order valence-electron chi connectivity index (χ1n) is 9.20. The zero-order valence-electron chi connectivity index (χ0n) is 15.6. The Bertz CT molecular complexity index is 813. The first kappa shape index (κ1) is 19.5. The fraction of sp³-hybridized carbons (Fsp3) is 0.500. The van der Waals surface area contributed by atoms with E-state index in [0.717, 1.165) is 24.6 Å². The van der Waals surface area contributed by atoms with Gasteiger partial charge in [-0.1, -0.05) is 18.2 Å². The standard InChI is InChI=1S/C20H24F3N3O/c1-14-12-18(25(2)24-14)19(27)26-11-5-6-15(13-26)9-10-16-7-3-4-8-17(16)20(21,22)23/h3-4,7-8,12,15H,5-6,9-11,13H2,1-2H3. The number of aromatic nitrogens is 2. The third-order valence-corrected chi connectivity index (χ3v) is 5.17. The molecule has 1 aliphatic heterocycles. The van der Waals surface area contributed by atoms with E-state index in [1.165, 1.54) is 6.07 Å². The number of alkyl halides is 3. The van der Waals surface area contributed by atoms with Crippen LogP contribution in [0.4, 0.5) is 13.2 Å². The van der Waals surface area contributed by atoms with E-state index in [0.29, 0.717) is 37.2 Å². The maximum absolute atomic E-state index is 13.1. The van der Waals surface area contributed by atoms with E-state index in [-0.39, 0.29) is 11.8 Å². The molecule has 1 aromatic carbocycles. The number of rotatable bonds is 4. The van der Waals surface area contributed by atoms with Gasteiger partial charge in [-0.15, -0.1) is 0 Å². The summed E-state index contributed by atoms with van der Waals surface area (Å²) in [5.74, 6) is 0.150. The minimum atomic E-state index is -4.33. The van der Waals surface area contributed by atoms with Crippen LogP contribution in [0.5, 0.6) is 0 Å². The summed E-state index contributed by atoms with van der Waals surface area (Å²) in [4.78, 5) is 14.6. The molecule has 7 heteroatoms. The highest BCUT2D eigenvalue weighted by molar-refractivity contribution is 5.92. The first-order valence-corrected chi connectivity index (χ1v) is 9.20. The highest BCUT2D eigenvalue weighted by Gasteiger charge is 2.33. The molecule has 0 bridgehead atoms. The first-order chi connectivity index (χ1) is 12.8. The van der Waals surface area contributed by atoms with Crippen LogP contribution < -0.4 is 0 Å². The Hall–Kier alpha value is -2.31. The van der Waals surface area contributed by atoms with E-state index in [9.17, 15) is 18.0 Å². The summed E-state index contributed by atoms with van der Waals surface area (Å²) in [5.41, 5.74) is 1.11. The molecule has 1 fully saturated rings. The Morgan fingerprint density at radius 2 is 2.04 bits per heavy atom. The van der Waals surface area contributed by atoms with Crippen molar-refractivity contribution in [1.29, 1.82) is 0 Å². The molecule has 2 heterocycles. The Morgan fingerprint density at radius 1 is 1.30 bits per heavy atom. The zero-order chi connectivity index (χ0) is 19.6. The van der Waals surface area contributed by atoms with E-state index in [1.807, 2.05) is 6.92 Å². The number of carbonyl (C=O) groups is 1. The van der Waals surface area contributed by atoms with Gasteiger partial charge < -0.3 is 4.90 Å². The van der Waals surface area contributed by atoms with Gasteiger partial charge in [0.1, 0.15) is 5.69 Å². The minimum Gasteiger partial charge on any atom is -0.337 e. The molecule has 0 aliphatic carbocycles. The smallest absolute Gasteiger partial charge is 0.337 e. The third-order valence-electron chi connectivity index (χ3n) is 5.17. The molecule has 2 aromatic rings. The van der Waals surface area contributed by atoms with Crippen molar-refractivity contribution in [2.75, 3.05) is 13.1 Å². The molecule has 0 N–H and O–H groups in total. The van der Waals surface area contributed by atoms with Crippen molar-refractivity contribution in [2.45, 2.75) is 38.8 Å². The Balaban J connectivity index is 1.64. The van der Waals surface area contributed by atoms with Gasteiger partial charge in [0, 0.05) is 20.1 Å². The number of benzene rings is 1. The van der Waals surface area contributed by atoms with Gasteiger partial charge in [0.2, 0.25) is 0 Å². The van der Waals surface area contributed by atoms with Gasteiger partial charge in [0.05, 0.1) is 11.3 Å². The topological polar surface area (TPSA) is 38.1 Å². The van der Waals surface area contributed by atoms with Gasteiger partial charge in [0.25, 0.3) is 5.91 Å². The van der Waals surface area contributed by atoms with E-state index in [2.05, 4.69) is 5.10 Å². The number of nitrogens with zero attached hydrogens (tertiary/aromatic N) is 3. The van der Waals surface area contributed by atoms with Crippen molar-refractivity contribution in [1.82, 2.24) is 14.7 Å².